The molecule has 0 radical (unpaired) electrons. The predicted molar refractivity (Wildman–Crippen MR) is 34.5 cm³/mol. The molecule has 3 heteroatoms. The van der Waals surface area contributed by atoms with Crippen molar-refractivity contribution in [2.45, 2.75) is 19.4 Å². The molecule has 0 aliphatic carbocycles. The Bertz CT molecular complexity index is 127. The van der Waals surface area contributed by atoms with Gasteiger partial charge in [0.05, 0.1) is 6.07 Å². The minimum Gasteiger partial charge on any atom is -0.373 e. The van der Waals surface area contributed by atoms with Crippen LogP contribution in [0.2, 0.25) is 0 Å². The molecule has 44 valence electrons. The molecule has 1 atom stereocenters. The van der Waals surface area contributed by atoms with Gasteiger partial charge >= 0.3 is 0 Å². The smallest absolute Gasteiger partial charge is 0.172 e. The van der Waals surface area contributed by atoms with Gasteiger partial charge in [0, 0.05) is 4.86 Å². The van der Waals surface area contributed by atoms with Crippen molar-refractivity contribution >= 4 is 17.1 Å². The second-order valence-electron chi connectivity index (χ2n) is 1.35. The molecule has 0 bridgehead atoms. The second-order valence-corrected chi connectivity index (χ2v) is 1.88. The van der Waals surface area contributed by atoms with Gasteiger partial charge in [-0.05, 0) is 6.42 Å². The average Bonchev–Trinajstić information content (AvgIpc) is 1.84. The maximum Gasteiger partial charge on any atom is 0.172 e. The molecule has 2 nitrogen and oxygen atoms in total. The van der Waals surface area contributed by atoms with Crippen LogP contribution in [0.3, 0.4) is 0 Å². The largest absolute Gasteiger partial charge is 0.373 e. The Hall–Kier alpha value is -0.460. The van der Waals surface area contributed by atoms with Gasteiger partial charge < -0.3 is 5.11 Å². The number of rotatable bonds is 2. The van der Waals surface area contributed by atoms with E-state index >= 15 is 0 Å². The molecule has 1 unspecified atom stereocenters. The number of hydrogen-bond acceptors (Lipinski definition) is 3. The zero-order chi connectivity index (χ0) is 6.57. The van der Waals surface area contributed by atoms with Crippen LogP contribution >= 0.6 is 12.2 Å². The van der Waals surface area contributed by atoms with Crippen LogP contribution in [0.1, 0.15) is 13.3 Å². The quantitative estimate of drug-likeness (QED) is 0.440. The molecule has 0 aliphatic rings. The van der Waals surface area contributed by atoms with Gasteiger partial charge in [0.2, 0.25) is 0 Å². The van der Waals surface area contributed by atoms with Crippen LogP contribution in [0.4, 0.5) is 0 Å². The van der Waals surface area contributed by atoms with Gasteiger partial charge in [-0.25, -0.2) is 0 Å². The van der Waals surface area contributed by atoms with Gasteiger partial charge in [-0.15, -0.1) is 0 Å². The minimum absolute atomic E-state index is 0.410. The SMILES string of the molecule is CCC(=S)C(O)C#N. The molecule has 0 rings (SSSR count). The summed E-state index contributed by atoms with van der Waals surface area (Å²) < 4.78 is 0. The van der Waals surface area contributed by atoms with E-state index in [-0.39, 0.29) is 0 Å². The summed E-state index contributed by atoms with van der Waals surface area (Å²) in [6.07, 6.45) is -0.459. The van der Waals surface area contributed by atoms with Crippen LogP contribution in [0, 0.1) is 11.3 Å². The summed E-state index contributed by atoms with van der Waals surface area (Å²) >= 11 is 4.60. The normalized spacial score (nSPS) is 12.1. The monoisotopic (exact) mass is 129 g/mol. The molecule has 8 heavy (non-hydrogen) atoms. The maximum atomic E-state index is 8.62. The molecule has 0 aliphatic heterocycles. The summed E-state index contributed by atoms with van der Waals surface area (Å²) in [4.78, 5) is 0.410. The van der Waals surface area contributed by atoms with Crippen LogP contribution < -0.4 is 0 Å². The highest BCUT2D eigenvalue weighted by atomic mass is 32.1. The third-order valence-corrected chi connectivity index (χ3v) is 1.29. The van der Waals surface area contributed by atoms with Crippen molar-refractivity contribution in [1.82, 2.24) is 0 Å². The molecule has 0 heterocycles. The molecule has 0 aromatic carbocycles. The fourth-order valence-corrected chi connectivity index (χ4v) is 0.318. The second kappa shape index (κ2) is 3.53. The van der Waals surface area contributed by atoms with E-state index in [0.29, 0.717) is 11.3 Å². The number of nitrogens with zero attached hydrogens (tertiary/aromatic N) is 1. The van der Waals surface area contributed by atoms with Gasteiger partial charge in [0.25, 0.3) is 0 Å². The number of nitriles is 1. The van der Waals surface area contributed by atoms with E-state index in [9.17, 15) is 0 Å². The molecule has 0 amide bonds. The Morgan fingerprint density at radius 2 is 2.50 bits per heavy atom. The molecule has 0 saturated carbocycles. The lowest BCUT2D eigenvalue weighted by Crippen LogP contribution is -2.13. The Kier molecular flexibility index (Phi) is 3.33. The van der Waals surface area contributed by atoms with E-state index in [4.69, 9.17) is 10.4 Å². The average molecular weight is 129 g/mol. The first-order valence-corrected chi connectivity index (χ1v) is 2.73. The molecular formula is C5H7NOS. The van der Waals surface area contributed by atoms with Crippen molar-refractivity contribution in [2.75, 3.05) is 0 Å². The highest BCUT2D eigenvalue weighted by molar-refractivity contribution is 7.80. The lowest BCUT2D eigenvalue weighted by molar-refractivity contribution is 0.296. The summed E-state index contributed by atoms with van der Waals surface area (Å²) in [6, 6.07) is 1.63. The first-order chi connectivity index (χ1) is 3.72. The summed E-state index contributed by atoms with van der Waals surface area (Å²) in [5.41, 5.74) is 0. The Morgan fingerprint density at radius 1 is 2.00 bits per heavy atom. The summed E-state index contributed by atoms with van der Waals surface area (Å²) in [7, 11) is 0. The van der Waals surface area contributed by atoms with E-state index < -0.39 is 6.10 Å². The van der Waals surface area contributed by atoms with Gasteiger partial charge in [0.15, 0.2) is 6.10 Å². The topological polar surface area (TPSA) is 44.0 Å². The van der Waals surface area contributed by atoms with Crippen molar-refractivity contribution in [1.29, 1.82) is 5.26 Å². The third-order valence-electron chi connectivity index (χ3n) is 0.776. The van der Waals surface area contributed by atoms with Gasteiger partial charge in [-0.3, -0.25) is 0 Å². The zero-order valence-electron chi connectivity index (χ0n) is 4.59. The maximum absolute atomic E-state index is 8.62. The lowest BCUT2D eigenvalue weighted by atomic mass is 10.2. The third kappa shape index (κ3) is 2.01. The van der Waals surface area contributed by atoms with Gasteiger partial charge in [0.1, 0.15) is 0 Å². The minimum atomic E-state index is -1.05. The van der Waals surface area contributed by atoms with Crippen molar-refractivity contribution < 1.29 is 5.11 Å². The Balaban J connectivity index is 3.68. The van der Waals surface area contributed by atoms with Crippen molar-refractivity contribution in [3.05, 3.63) is 0 Å². The summed E-state index contributed by atoms with van der Waals surface area (Å²) in [5, 5.41) is 16.7. The van der Waals surface area contributed by atoms with Crippen molar-refractivity contribution in [2.24, 2.45) is 0 Å². The fourth-order valence-electron chi connectivity index (χ4n) is 0.265. The van der Waals surface area contributed by atoms with Crippen molar-refractivity contribution in [3.8, 4) is 6.07 Å². The van der Waals surface area contributed by atoms with E-state index in [1.807, 2.05) is 6.92 Å². The summed E-state index contributed by atoms with van der Waals surface area (Å²) in [6.45, 7) is 1.81. The van der Waals surface area contributed by atoms with Crippen LogP contribution in [0.25, 0.3) is 0 Å². The Morgan fingerprint density at radius 3 is 2.62 bits per heavy atom. The summed E-state index contributed by atoms with van der Waals surface area (Å²) in [5.74, 6) is 0. The first-order valence-electron chi connectivity index (χ1n) is 2.32. The first kappa shape index (κ1) is 7.54. The van der Waals surface area contributed by atoms with Gasteiger partial charge in [-0.2, -0.15) is 5.26 Å². The van der Waals surface area contributed by atoms with E-state index in [2.05, 4.69) is 12.2 Å². The molecule has 0 spiro atoms. The molecular weight excluding hydrogens is 122 g/mol. The molecule has 0 fully saturated rings. The fraction of sp³-hybridized carbons (Fsp3) is 0.600. The van der Waals surface area contributed by atoms with Crippen LogP contribution in [0.5, 0.6) is 0 Å². The number of thiocarbonyl (C=S) groups is 1. The molecule has 0 aromatic rings. The van der Waals surface area contributed by atoms with Gasteiger partial charge in [-0.1, -0.05) is 19.1 Å². The highest BCUT2D eigenvalue weighted by Gasteiger charge is 2.04. The molecule has 0 saturated heterocycles. The lowest BCUT2D eigenvalue weighted by Gasteiger charge is -1.96. The van der Waals surface area contributed by atoms with Crippen molar-refractivity contribution in [3.63, 3.8) is 0 Å². The van der Waals surface area contributed by atoms with Crippen LogP contribution in [-0.2, 0) is 0 Å². The molecule has 1 N–H and O–H groups in total. The standard InChI is InChI=1S/C5H7NOS/c1-2-5(8)4(7)3-6/h4,7H,2H2,1H3. The van der Waals surface area contributed by atoms with Crippen LogP contribution in [0.15, 0.2) is 0 Å². The Labute approximate surface area is 53.7 Å². The highest BCUT2D eigenvalue weighted by Crippen LogP contribution is 1.90. The molecule has 0 aromatic heterocycles. The van der Waals surface area contributed by atoms with E-state index in [1.165, 1.54) is 0 Å². The number of hydrogen-bond donors (Lipinski definition) is 1. The van der Waals surface area contributed by atoms with E-state index in [0.717, 1.165) is 0 Å². The van der Waals surface area contributed by atoms with E-state index in [1.54, 1.807) is 6.07 Å². The number of aliphatic hydroxyl groups excluding tert-OH is 1. The zero-order valence-corrected chi connectivity index (χ0v) is 5.40. The predicted octanol–water partition coefficient (Wildman–Crippen LogP) is 0.651. The number of aliphatic hydroxyl groups is 1. The van der Waals surface area contributed by atoms with Crippen LogP contribution in [-0.4, -0.2) is 16.1 Å².